The summed E-state index contributed by atoms with van der Waals surface area (Å²) in [5.41, 5.74) is 0. The van der Waals surface area contributed by atoms with E-state index in [0.29, 0.717) is 12.5 Å². The van der Waals surface area contributed by atoms with Gasteiger partial charge in [0.1, 0.15) is 6.10 Å². The molecule has 1 aliphatic heterocycles. The minimum Gasteiger partial charge on any atom is -0.481 e. The summed E-state index contributed by atoms with van der Waals surface area (Å²) in [5.74, 6) is -0.617. The molecule has 1 fully saturated rings. The molecule has 1 amide bonds. The van der Waals surface area contributed by atoms with Gasteiger partial charge < -0.3 is 14.7 Å². The third-order valence-electron chi connectivity index (χ3n) is 3.00. The van der Waals surface area contributed by atoms with Gasteiger partial charge in [-0.3, -0.25) is 9.59 Å². The molecule has 2 atom stereocenters. The van der Waals surface area contributed by atoms with Crippen LogP contribution in [0.25, 0.3) is 0 Å². The molecule has 0 bridgehead atoms. The van der Waals surface area contributed by atoms with Gasteiger partial charge in [0.15, 0.2) is 0 Å². The fourth-order valence-electron chi connectivity index (χ4n) is 2.15. The molecule has 0 radical (unpaired) electrons. The van der Waals surface area contributed by atoms with E-state index in [0.717, 1.165) is 12.8 Å². The summed E-state index contributed by atoms with van der Waals surface area (Å²) in [6, 6.07) is 0. The van der Waals surface area contributed by atoms with Crippen molar-refractivity contribution in [1.82, 2.24) is 4.90 Å². The number of carboxylic acid groups (broad SMARTS) is 1. The lowest BCUT2D eigenvalue weighted by Crippen LogP contribution is -2.42. The van der Waals surface area contributed by atoms with E-state index >= 15 is 0 Å². The number of carboxylic acids is 1. The molecule has 0 aromatic rings. The average Bonchev–Trinajstić information content (AvgIpc) is 2.69. The van der Waals surface area contributed by atoms with Gasteiger partial charge in [-0.1, -0.05) is 13.8 Å². The van der Waals surface area contributed by atoms with E-state index in [1.54, 1.807) is 4.90 Å². The molecule has 0 aliphatic carbocycles. The van der Waals surface area contributed by atoms with E-state index in [1.165, 1.54) is 0 Å². The molecular weight excluding hydrogens is 234 g/mol. The Balaban J connectivity index is 2.57. The zero-order valence-electron chi connectivity index (χ0n) is 11.4. The van der Waals surface area contributed by atoms with Gasteiger partial charge >= 0.3 is 5.97 Å². The number of amides is 1. The SMILES string of the molecule is CC(C)CN(CCC(=O)O)C(=O)C1CCC(C)O1. The lowest BCUT2D eigenvalue weighted by Gasteiger charge is -2.26. The highest BCUT2D eigenvalue weighted by Gasteiger charge is 2.31. The van der Waals surface area contributed by atoms with Crippen LogP contribution < -0.4 is 0 Å². The second kappa shape index (κ2) is 6.73. The molecule has 5 nitrogen and oxygen atoms in total. The molecule has 18 heavy (non-hydrogen) atoms. The summed E-state index contributed by atoms with van der Waals surface area (Å²) >= 11 is 0. The fraction of sp³-hybridized carbons (Fsp3) is 0.846. The number of carbonyl (C=O) groups excluding carboxylic acids is 1. The van der Waals surface area contributed by atoms with Crippen molar-refractivity contribution in [1.29, 1.82) is 0 Å². The van der Waals surface area contributed by atoms with Gasteiger partial charge in [0.05, 0.1) is 12.5 Å². The van der Waals surface area contributed by atoms with Crippen LogP contribution in [-0.2, 0) is 14.3 Å². The van der Waals surface area contributed by atoms with Crippen molar-refractivity contribution >= 4 is 11.9 Å². The molecule has 1 heterocycles. The van der Waals surface area contributed by atoms with Gasteiger partial charge in [0.25, 0.3) is 5.91 Å². The van der Waals surface area contributed by atoms with Crippen LogP contribution in [0.5, 0.6) is 0 Å². The van der Waals surface area contributed by atoms with Crippen molar-refractivity contribution in [2.24, 2.45) is 5.92 Å². The van der Waals surface area contributed by atoms with Gasteiger partial charge in [-0.15, -0.1) is 0 Å². The highest BCUT2D eigenvalue weighted by Crippen LogP contribution is 2.21. The van der Waals surface area contributed by atoms with Crippen molar-refractivity contribution in [3.8, 4) is 0 Å². The van der Waals surface area contributed by atoms with Crippen molar-refractivity contribution in [2.45, 2.75) is 52.2 Å². The number of carbonyl (C=O) groups is 2. The first-order valence-electron chi connectivity index (χ1n) is 6.56. The summed E-state index contributed by atoms with van der Waals surface area (Å²) in [7, 11) is 0. The maximum absolute atomic E-state index is 12.2. The number of ether oxygens (including phenoxy) is 1. The number of hydrogen-bond acceptors (Lipinski definition) is 3. The Morgan fingerprint density at radius 2 is 2.06 bits per heavy atom. The Bertz CT molecular complexity index is 303. The second-order valence-corrected chi connectivity index (χ2v) is 5.33. The van der Waals surface area contributed by atoms with Crippen LogP contribution in [0.4, 0.5) is 0 Å². The zero-order valence-corrected chi connectivity index (χ0v) is 11.4. The Kier molecular flexibility index (Phi) is 5.59. The maximum atomic E-state index is 12.2. The molecule has 1 saturated heterocycles. The summed E-state index contributed by atoms with van der Waals surface area (Å²) in [4.78, 5) is 24.5. The molecule has 5 heteroatoms. The standard InChI is InChI=1S/C13H23NO4/c1-9(2)8-14(7-6-12(15)16)13(17)11-5-4-10(3)18-11/h9-11H,4-8H2,1-3H3,(H,15,16). The quantitative estimate of drug-likeness (QED) is 0.783. The van der Waals surface area contributed by atoms with E-state index in [9.17, 15) is 9.59 Å². The van der Waals surface area contributed by atoms with Crippen molar-refractivity contribution in [3.05, 3.63) is 0 Å². The van der Waals surface area contributed by atoms with E-state index in [1.807, 2.05) is 20.8 Å². The van der Waals surface area contributed by atoms with Crippen LogP contribution in [0.15, 0.2) is 0 Å². The summed E-state index contributed by atoms with van der Waals surface area (Å²) in [6.45, 7) is 6.83. The first-order valence-corrected chi connectivity index (χ1v) is 6.56. The topological polar surface area (TPSA) is 66.8 Å². The Labute approximate surface area is 108 Å². The normalized spacial score (nSPS) is 23.3. The zero-order chi connectivity index (χ0) is 13.7. The smallest absolute Gasteiger partial charge is 0.305 e. The van der Waals surface area contributed by atoms with Gasteiger partial charge in [-0.05, 0) is 25.7 Å². The molecular formula is C13H23NO4. The highest BCUT2D eigenvalue weighted by atomic mass is 16.5. The Hall–Kier alpha value is -1.10. The Morgan fingerprint density at radius 1 is 1.39 bits per heavy atom. The first-order chi connectivity index (χ1) is 8.40. The van der Waals surface area contributed by atoms with Gasteiger partial charge in [0, 0.05) is 13.1 Å². The van der Waals surface area contributed by atoms with Crippen molar-refractivity contribution in [2.75, 3.05) is 13.1 Å². The molecule has 0 spiro atoms. The lowest BCUT2D eigenvalue weighted by molar-refractivity contribution is -0.144. The molecule has 0 saturated carbocycles. The summed E-state index contributed by atoms with van der Waals surface area (Å²) in [6.07, 6.45) is 1.36. The number of nitrogens with zero attached hydrogens (tertiary/aromatic N) is 1. The molecule has 1 N–H and O–H groups in total. The third-order valence-corrected chi connectivity index (χ3v) is 3.00. The van der Waals surface area contributed by atoms with Crippen LogP contribution >= 0.6 is 0 Å². The molecule has 0 aromatic heterocycles. The number of rotatable bonds is 6. The third kappa shape index (κ3) is 4.64. The lowest BCUT2D eigenvalue weighted by atomic mass is 10.1. The molecule has 104 valence electrons. The Morgan fingerprint density at radius 3 is 2.50 bits per heavy atom. The predicted octanol–water partition coefficient (Wildman–Crippen LogP) is 1.51. The average molecular weight is 257 g/mol. The van der Waals surface area contributed by atoms with Crippen LogP contribution in [0.1, 0.15) is 40.0 Å². The van der Waals surface area contributed by atoms with Gasteiger partial charge in [-0.25, -0.2) is 0 Å². The van der Waals surface area contributed by atoms with Gasteiger partial charge in [-0.2, -0.15) is 0 Å². The maximum Gasteiger partial charge on any atom is 0.305 e. The molecule has 1 aliphatic rings. The van der Waals surface area contributed by atoms with Crippen molar-refractivity contribution < 1.29 is 19.4 Å². The second-order valence-electron chi connectivity index (χ2n) is 5.33. The van der Waals surface area contributed by atoms with E-state index in [4.69, 9.17) is 9.84 Å². The molecule has 0 aromatic carbocycles. The predicted molar refractivity (Wildman–Crippen MR) is 67.2 cm³/mol. The van der Waals surface area contributed by atoms with Crippen LogP contribution in [-0.4, -0.2) is 47.2 Å². The van der Waals surface area contributed by atoms with Gasteiger partial charge in [0.2, 0.25) is 0 Å². The van der Waals surface area contributed by atoms with E-state index in [-0.39, 0.29) is 31.1 Å². The van der Waals surface area contributed by atoms with Crippen LogP contribution in [0, 0.1) is 5.92 Å². The van der Waals surface area contributed by atoms with Crippen LogP contribution in [0.2, 0.25) is 0 Å². The minimum absolute atomic E-state index is 0.0132. The first kappa shape index (κ1) is 15.0. The van der Waals surface area contributed by atoms with E-state index < -0.39 is 5.97 Å². The minimum atomic E-state index is -0.878. The van der Waals surface area contributed by atoms with Crippen LogP contribution in [0.3, 0.4) is 0 Å². The highest BCUT2D eigenvalue weighted by molar-refractivity contribution is 5.81. The molecule has 2 unspecified atom stereocenters. The van der Waals surface area contributed by atoms with Crippen molar-refractivity contribution in [3.63, 3.8) is 0 Å². The van der Waals surface area contributed by atoms with E-state index in [2.05, 4.69) is 0 Å². The summed E-state index contributed by atoms with van der Waals surface area (Å²) < 4.78 is 5.55. The fourth-order valence-corrected chi connectivity index (χ4v) is 2.15. The monoisotopic (exact) mass is 257 g/mol. The summed E-state index contributed by atoms with van der Waals surface area (Å²) in [5, 5.41) is 8.72. The number of aliphatic carboxylic acids is 1. The number of hydrogen-bond donors (Lipinski definition) is 1. The molecule has 1 rings (SSSR count). The largest absolute Gasteiger partial charge is 0.481 e.